The van der Waals surface area contributed by atoms with Crippen molar-refractivity contribution in [2.75, 3.05) is 25.5 Å². The van der Waals surface area contributed by atoms with Crippen LogP contribution < -0.4 is 15.4 Å². The summed E-state index contributed by atoms with van der Waals surface area (Å²) in [4.78, 5) is 26.9. The van der Waals surface area contributed by atoms with Crippen LogP contribution in [0.25, 0.3) is 21.9 Å². The molecule has 3 aromatic carbocycles. The Labute approximate surface area is 238 Å². The van der Waals surface area contributed by atoms with E-state index < -0.39 is 11.4 Å². The first-order chi connectivity index (χ1) is 19.7. The molecule has 0 saturated carbocycles. The van der Waals surface area contributed by atoms with Crippen LogP contribution in [0.2, 0.25) is 0 Å². The third-order valence-electron chi connectivity index (χ3n) is 8.12. The number of anilines is 1. The topological polar surface area (TPSA) is 104 Å². The van der Waals surface area contributed by atoms with E-state index in [9.17, 15) is 19.1 Å². The van der Waals surface area contributed by atoms with Crippen LogP contribution in [-0.4, -0.2) is 47.7 Å². The number of piperidine rings is 1. The van der Waals surface area contributed by atoms with Gasteiger partial charge in [0.1, 0.15) is 28.5 Å². The van der Waals surface area contributed by atoms with Crippen molar-refractivity contribution < 1.29 is 28.2 Å². The molecule has 216 valence electrons. The van der Waals surface area contributed by atoms with E-state index in [4.69, 9.17) is 9.15 Å². The zero-order valence-electron chi connectivity index (χ0n) is 23.6. The van der Waals surface area contributed by atoms with Crippen molar-refractivity contribution in [2.24, 2.45) is 5.92 Å². The number of carbonyl (C=O) groups is 2. The van der Waals surface area contributed by atoms with Gasteiger partial charge in [-0.3, -0.25) is 4.79 Å². The molecule has 0 unspecified atom stereocenters. The second-order valence-electron chi connectivity index (χ2n) is 10.8. The van der Waals surface area contributed by atoms with E-state index in [1.807, 2.05) is 0 Å². The summed E-state index contributed by atoms with van der Waals surface area (Å²) in [6.07, 6.45) is 3.88. The van der Waals surface area contributed by atoms with Crippen molar-refractivity contribution >= 4 is 39.6 Å². The molecule has 9 heteroatoms. The number of halogens is 1. The minimum absolute atomic E-state index is 0.216. The van der Waals surface area contributed by atoms with Crippen molar-refractivity contribution in [3.63, 3.8) is 0 Å². The summed E-state index contributed by atoms with van der Waals surface area (Å²) < 4.78 is 26.4. The van der Waals surface area contributed by atoms with Crippen molar-refractivity contribution in [2.45, 2.75) is 51.6 Å². The van der Waals surface area contributed by atoms with Gasteiger partial charge in [0, 0.05) is 48.9 Å². The average Bonchev–Trinajstić information content (AvgIpc) is 3.34. The maximum atomic E-state index is 14.2. The lowest BCUT2D eigenvalue weighted by molar-refractivity contribution is -0.0309. The number of likely N-dealkylation sites (tertiary alicyclic amines) is 1. The molecule has 1 aliphatic heterocycles. The Balaban J connectivity index is 1.40. The maximum absolute atomic E-state index is 14.2. The Bertz CT molecular complexity index is 1550. The van der Waals surface area contributed by atoms with Crippen LogP contribution in [0, 0.1) is 11.7 Å². The van der Waals surface area contributed by atoms with Crippen LogP contribution >= 0.6 is 0 Å². The number of amides is 3. The third kappa shape index (κ3) is 6.15. The Kier molecular flexibility index (Phi) is 8.17. The van der Waals surface area contributed by atoms with E-state index in [-0.39, 0.29) is 11.9 Å². The first-order valence-corrected chi connectivity index (χ1v) is 14.2. The molecule has 5 rings (SSSR count). The van der Waals surface area contributed by atoms with Gasteiger partial charge in [0.2, 0.25) is 0 Å². The molecule has 3 N–H and O–H groups in total. The number of furan rings is 1. The fourth-order valence-corrected chi connectivity index (χ4v) is 5.59. The highest BCUT2D eigenvalue weighted by Gasteiger charge is 2.35. The fraction of sp³-hybridized carbons (Fsp3) is 0.375. The molecule has 1 aromatic heterocycles. The standard InChI is InChI=1S/C32H36FN3O5/c1-4-20(5-2)19-32(39)12-14-36(15-13-32)31(38)35-23-17-27(40-24-9-6-21(7-10-24)30(37)34-3)29-25-16-22(33)8-11-26(25)41-28(29)18-23/h6-11,16-18,20,39H,4-5,12-15,19H2,1-3H3,(H,34,37)(H,35,38). The van der Waals surface area contributed by atoms with Crippen LogP contribution in [0.5, 0.6) is 11.5 Å². The van der Waals surface area contributed by atoms with Gasteiger partial charge in [0.25, 0.3) is 5.91 Å². The molecule has 4 aromatic rings. The van der Waals surface area contributed by atoms with E-state index >= 15 is 0 Å². The molecular formula is C32H36FN3O5. The summed E-state index contributed by atoms with van der Waals surface area (Å²) in [6, 6.07) is 14.0. The average molecular weight is 562 g/mol. The minimum Gasteiger partial charge on any atom is -0.456 e. The Morgan fingerprint density at radius 2 is 1.76 bits per heavy atom. The first-order valence-electron chi connectivity index (χ1n) is 14.2. The van der Waals surface area contributed by atoms with Crippen LogP contribution in [0.15, 0.2) is 59.0 Å². The number of hydrogen-bond acceptors (Lipinski definition) is 5. The summed E-state index contributed by atoms with van der Waals surface area (Å²) in [6.45, 7) is 5.20. The molecule has 0 radical (unpaired) electrons. The molecule has 0 aliphatic carbocycles. The van der Waals surface area contributed by atoms with E-state index in [2.05, 4.69) is 24.5 Å². The minimum atomic E-state index is -0.746. The normalized spacial score (nSPS) is 14.9. The SMILES string of the molecule is CCC(CC)CC1(O)CCN(C(=O)Nc2cc(Oc3ccc(C(=O)NC)cc3)c3c(c2)oc2ccc(F)cc23)CC1. The lowest BCUT2D eigenvalue weighted by Gasteiger charge is -2.39. The zero-order valence-corrected chi connectivity index (χ0v) is 23.6. The summed E-state index contributed by atoms with van der Waals surface area (Å²) in [7, 11) is 1.56. The number of nitrogens with one attached hydrogen (secondary N) is 2. The van der Waals surface area contributed by atoms with Gasteiger partial charge in [0.15, 0.2) is 0 Å². The van der Waals surface area contributed by atoms with Gasteiger partial charge in [-0.1, -0.05) is 26.7 Å². The second kappa shape index (κ2) is 11.8. The highest BCUT2D eigenvalue weighted by molar-refractivity contribution is 6.10. The maximum Gasteiger partial charge on any atom is 0.321 e. The number of fused-ring (bicyclic) bond motifs is 3. The third-order valence-corrected chi connectivity index (χ3v) is 8.12. The lowest BCUT2D eigenvalue weighted by Crippen LogP contribution is -2.48. The van der Waals surface area contributed by atoms with Crippen LogP contribution in [0.4, 0.5) is 14.9 Å². The lowest BCUT2D eigenvalue weighted by atomic mass is 9.81. The number of ether oxygens (including phenoxy) is 1. The van der Waals surface area contributed by atoms with Gasteiger partial charge in [-0.2, -0.15) is 0 Å². The highest BCUT2D eigenvalue weighted by Crippen LogP contribution is 2.40. The Morgan fingerprint density at radius 3 is 2.41 bits per heavy atom. The smallest absolute Gasteiger partial charge is 0.321 e. The summed E-state index contributed by atoms with van der Waals surface area (Å²) in [5.41, 5.74) is 1.10. The second-order valence-corrected chi connectivity index (χ2v) is 10.8. The van der Waals surface area contributed by atoms with Crippen LogP contribution in [-0.2, 0) is 0 Å². The van der Waals surface area contributed by atoms with Gasteiger partial charge in [-0.25, -0.2) is 9.18 Å². The van der Waals surface area contributed by atoms with E-state index in [0.717, 1.165) is 19.3 Å². The van der Waals surface area contributed by atoms with Gasteiger partial charge in [0.05, 0.1) is 11.0 Å². The molecule has 0 bridgehead atoms. The molecule has 2 heterocycles. The Hall–Kier alpha value is -4.11. The van der Waals surface area contributed by atoms with Crippen LogP contribution in [0.1, 0.15) is 56.3 Å². The van der Waals surface area contributed by atoms with Gasteiger partial charge in [-0.05, 0) is 67.6 Å². The number of rotatable bonds is 8. The quantitative estimate of drug-likeness (QED) is 0.214. The van der Waals surface area contributed by atoms with Gasteiger partial charge in [-0.15, -0.1) is 0 Å². The number of benzene rings is 3. The highest BCUT2D eigenvalue weighted by atomic mass is 19.1. The van der Waals surface area contributed by atoms with Crippen molar-refractivity contribution in [1.82, 2.24) is 10.2 Å². The molecule has 1 saturated heterocycles. The molecular weight excluding hydrogens is 525 g/mol. The summed E-state index contributed by atoms with van der Waals surface area (Å²) in [5.74, 6) is 0.677. The number of urea groups is 1. The van der Waals surface area contributed by atoms with Crippen LogP contribution in [0.3, 0.4) is 0 Å². The predicted octanol–water partition coefficient (Wildman–Crippen LogP) is 7.06. The van der Waals surface area contributed by atoms with Gasteiger partial charge < -0.3 is 29.8 Å². The van der Waals surface area contributed by atoms with Crippen molar-refractivity contribution in [3.8, 4) is 11.5 Å². The zero-order chi connectivity index (χ0) is 29.1. The molecule has 1 aliphatic rings. The van der Waals surface area contributed by atoms with Crippen molar-refractivity contribution in [1.29, 1.82) is 0 Å². The molecule has 0 atom stereocenters. The Morgan fingerprint density at radius 1 is 1.05 bits per heavy atom. The fourth-order valence-electron chi connectivity index (χ4n) is 5.59. The van der Waals surface area contributed by atoms with Crippen molar-refractivity contribution in [3.05, 3.63) is 66.0 Å². The van der Waals surface area contributed by atoms with E-state index in [1.54, 1.807) is 54.4 Å². The molecule has 1 fully saturated rings. The molecule has 3 amide bonds. The van der Waals surface area contributed by atoms with E-state index in [1.165, 1.54) is 12.1 Å². The number of nitrogens with zero attached hydrogens (tertiary/aromatic N) is 1. The largest absolute Gasteiger partial charge is 0.456 e. The molecule has 8 nitrogen and oxygen atoms in total. The number of hydrogen-bond donors (Lipinski definition) is 3. The summed E-state index contributed by atoms with van der Waals surface area (Å²) >= 11 is 0. The van der Waals surface area contributed by atoms with Gasteiger partial charge >= 0.3 is 6.03 Å². The molecule has 0 spiro atoms. The number of carbonyl (C=O) groups excluding carboxylic acids is 2. The molecule has 41 heavy (non-hydrogen) atoms. The monoisotopic (exact) mass is 561 g/mol. The summed E-state index contributed by atoms with van der Waals surface area (Å²) in [5, 5.41) is 17.7. The predicted molar refractivity (Wildman–Crippen MR) is 157 cm³/mol. The first kappa shape index (κ1) is 28.4. The van der Waals surface area contributed by atoms with E-state index in [0.29, 0.717) is 76.5 Å². The number of aliphatic hydroxyl groups is 1.